The second-order valence-electron chi connectivity index (χ2n) is 4.85. The van der Waals surface area contributed by atoms with Gasteiger partial charge in [-0.05, 0) is 42.0 Å². The van der Waals surface area contributed by atoms with Crippen molar-refractivity contribution >= 4 is 52.7 Å². The normalized spacial score (nSPS) is 15.4. The predicted octanol–water partition coefficient (Wildman–Crippen LogP) is 5.00. The fourth-order valence-electron chi connectivity index (χ4n) is 2.14. The average molecular weight is 383 g/mol. The zero-order valence-electron chi connectivity index (χ0n) is 12.3. The third kappa shape index (κ3) is 3.41. The van der Waals surface area contributed by atoms with Crippen molar-refractivity contribution in [2.45, 2.75) is 0 Å². The highest BCUT2D eigenvalue weighted by molar-refractivity contribution is 6.35. The highest BCUT2D eigenvalue weighted by Gasteiger charge is 2.26. The van der Waals surface area contributed by atoms with Crippen molar-refractivity contribution in [1.29, 1.82) is 0 Å². The van der Waals surface area contributed by atoms with Crippen LogP contribution in [0.2, 0.25) is 15.1 Å². The molecule has 0 radical (unpaired) electrons. The van der Waals surface area contributed by atoms with E-state index in [1.165, 1.54) is 13.2 Å². The van der Waals surface area contributed by atoms with Crippen LogP contribution in [0.15, 0.2) is 47.1 Å². The van der Waals surface area contributed by atoms with E-state index in [4.69, 9.17) is 44.3 Å². The number of halogens is 3. The summed E-state index contributed by atoms with van der Waals surface area (Å²) in [5.41, 5.74) is 1.22. The Balaban J connectivity index is 2.02. The molecule has 0 fully saturated rings. The van der Waals surface area contributed by atoms with Gasteiger partial charge in [-0.25, -0.2) is 9.79 Å². The number of carbonyl (C=O) groups is 1. The third-order valence-corrected chi connectivity index (χ3v) is 4.06. The van der Waals surface area contributed by atoms with Crippen molar-refractivity contribution in [2.75, 3.05) is 7.11 Å². The second kappa shape index (κ2) is 6.85. The molecule has 0 aromatic heterocycles. The van der Waals surface area contributed by atoms with E-state index in [1.807, 2.05) is 0 Å². The van der Waals surface area contributed by atoms with E-state index in [0.29, 0.717) is 31.9 Å². The first-order valence-corrected chi connectivity index (χ1v) is 7.93. The Morgan fingerprint density at radius 1 is 1.08 bits per heavy atom. The lowest BCUT2D eigenvalue weighted by atomic mass is 10.2. The molecule has 0 unspecified atom stereocenters. The van der Waals surface area contributed by atoms with Gasteiger partial charge in [-0.1, -0.05) is 40.9 Å². The first-order valence-electron chi connectivity index (χ1n) is 6.79. The molecular weight excluding hydrogens is 373 g/mol. The first kappa shape index (κ1) is 16.8. The molecule has 122 valence electrons. The van der Waals surface area contributed by atoms with Crippen LogP contribution in [0, 0.1) is 0 Å². The van der Waals surface area contributed by atoms with Gasteiger partial charge in [0.05, 0.1) is 12.7 Å². The second-order valence-corrected chi connectivity index (χ2v) is 6.13. The number of carbonyl (C=O) groups excluding carboxylic acids is 1. The molecule has 0 amide bonds. The van der Waals surface area contributed by atoms with Gasteiger partial charge in [-0.2, -0.15) is 0 Å². The van der Waals surface area contributed by atoms with Crippen molar-refractivity contribution in [3.05, 3.63) is 68.3 Å². The Kier molecular flexibility index (Phi) is 4.81. The lowest BCUT2D eigenvalue weighted by Gasteiger charge is -2.07. The summed E-state index contributed by atoms with van der Waals surface area (Å²) in [4.78, 5) is 16.3. The van der Waals surface area contributed by atoms with Gasteiger partial charge in [0.1, 0.15) is 5.75 Å². The van der Waals surface area contributed by atoms with E-state index < -0.39 is 5.97 Å². The number of esters is 1. The van der Waals surface area contributed by atoms with Crippen LogP contribution in [0.4, 0.5) is 0 Å². The fraction of sp³-hybridized carbons (Fsp3) is 0.0588. The molecule has 1 heterocycles. The van der Waals surface area contributed by atoms with Crippen molar-refractivity contribution in [3.63, 3.8) is 0 Å². The van der Waals surface area contributed by atoms with Gasteiger partial charge in [0.2, 0.25) is 5.90 Å². The van der Waals surface area contributed by atoms with E-state index in [-0.39, 0.29) is 11.6 Å². The maximum atomic E-state index is 12.1. The zero-order chi connectivity index (χ0) is 17.3. The Bertz CT molecular complexity index is 891. The van der Waals surface area contributed by atoms with Gasteiger partial charge >= 0.3 is 5.97 Å². The number of rotatable bonds is 3. The number of ether oxygens (including phenoxy) is 2. The van der Waals surface area contributed by atoms with E-state index in [9.17, 15) is 4.79 Å². The largest absolute Gasteiger partial charge is 0.496 e. The molecule has 1 aliphatic rings. The standard InChI is InChI=1S/C17H10Cl3NO3/c1-23-15-5-4-10(18)7-12(15)16-21-14(17(22)24-16)6-9-2-3-11(19)8-13(9)20/h2-8H,1H3. The molecule has 4 nitrogen and oxygen atoms in total. The average Bonchev–Trinajstić information content (AvgIpc) is 2.91. The summed E-state index contributed by atoms with van der Waals surface area (Å²) >= 11 is 18.0. The van der Waals surface area contributed by atoms with Gasteiger partial charge in [-0.3, -0.25) is 0 Å². The van der Waals surface area contributed by atoms with Crippen molar-refractivity contribution in [1.82, 2.24) is 0 Å². The SMILES string of the molecule is COc1ccc(Cl)cc1C1=NC(=Cc2ccc(Cl)cc2Cl)C(=O)O1. The number of aliphatic imine (C=N–C) groups is 1. The van der Waals surface area contributed by atoms with Crippen molar-refractivity contribution in [3.8, 4) is 5.75 Å². The molecule has 1 aliphatic heterocycles. The maximum Gasteiger partial charge on any atom is 0.363 e. The topological polar surface area (TPSA) is 47.9 Å². The van der Waals surface area contributed by atoms with Gasteiger partial charge in [0.25, 0.3) is 0 Å². The van der Waals surface area contributed by atoms with Crippen LogP contribution >= 0.6 is 34.8 Å². The predicted molar refractivity (Wildman–Crippen MR) is 95.1 cm³/mol. The summed E-state index contributed by atoms with van der Waals surface area (Å²) in [5, 5.41) is 1.39. The highest BCUT2D eigenvalue weighted by atomic mass is 35.5. The number of hydrogen-bond donors (Lipinski definition) is 0. The highest BCUT2D eigenvalue weighted by Crippen LogP contribution is 2.29. The number of hydrogen-bond acceptors (Lipinski definition) is 4. The van der Waals surface area contributed by atoms with Crippen LogP contribution < -0.4 is 4.74 Å². The summed E-state index contributed by atoms with van der Waals surface area (Å²) in [6.07, 6.45) is 1.53. The summed E-state index contributed by atoms with van der Waals surface area (Å²) < 4.78 is 10.5. The molecule has 2 aromatic rings. The van der Waals surface area contributed by atoms with Crippen LogP contribution in [0.25, 0.3) is 6.08 Å². The maximum absolute atomic E-state index is 12.1. The number of cyclic esters (lactones) is 1. The van der Waals surface area contributed by atoms with Gasteiger partial charge in [0.15, 0.2) is 5.70 Å². The lowest BCUT2D eigenvalue weighted by molar-refractivity contribution is -0.129. The Morgan fingerprint density at radius 3 is 2.50 bits per heavy atom. The minimum Gasteiger partial charge on any atom is -0.496 e. The first-order chi connectivity index (χ1) is 11.5. The molecule has 7 heteroatoms. The van der Waals surface area contributed by atoms with Crippen molar-refractivity contribution < 1.29 is 14.3 Å². The minimum atomic E-state index is -0.585. The summed E-state index contributed by atoms with van der Waals surface area (Å²) in [6, 6.07) is 9.91. The van der Waals surface area contributed by atoms with E-state index in [0.717, 1.165) is 0 Å². The van der Waals surface area contributed by atoms with Crippen LogP contribution in [0.1, 0.15) is 11.1 Å². The van der Waals surface area contributed by atoms with Crippen LogP contribution in [0.3, 0.4) is 0 Å². The molecule has 0 saturated heterocycles. The van der Waals surface area contributed by atoms with Crippen molar-refractivity contribution in [2.24, 2.45) is 4.99 Å². The summed E-state index contributed by atoms with van der Waals surface area (Å²) in [5.74, 6) is 0.0328. The number of nitrogens with zero attached hydrogens (tertiary/aromatic N) is 1. The molecule has 2 aromatic carbocycles. The number of methoxy groups -OCH3 is 1. The van der Waals surface area contributed by atoms with E-state index in [2.05, 4.69) is 4.99 Å². The molecule has 0 spiro atoms. The monoisotopic (exact) mass is 381 g/mol. The minimum absolute atomic E-state index is 0.121. The van der Waals surface area contributed by atoms with Crippen LogP contribution in [-0.2, 0) is 9.53 Å². The lowest BCUT2D eigenvalue weighted by Crippen LogP contribution is -2.07. The third-order valence-electron chi connectivity index (χ3n) is 3.27. The van der Waals surface area contributed by atoms with Gasteiger partial charge < -0.3 is 9.47 Å². The summed E-state index contributed by atoms with van der Waals surface area (Å²) in [6.45, 7) is 0. The molecule has 0 atom stereocenters. The summed E-state index contributed by atoms with van der Waals surface area (Å²) in [7, 11) is 1.51. The smallest absolute Gasteiger partial charge is 0.363 e. The molecular formula is C17H10Cl3NO3. The Hall–Kier alpha value is -2.01. The Morgan fingerprint density at radius 2 is 1.79 bits per heavy atom. The molecule has 3 rings (SSSR count). The molecule has 0 saturated carbocycles. The zero-order valence-corrected chi connectivity index (χ0v) is 14.6. The quantitative estimate of drug-likeness (QED) is 0.554. The molecule has 24 heavy (non-hydrogen) atoms. The fourth-order valence-corrected chi connectivity index (χ4v) is 2.77. The van der Waals surface area contributed by atoms with E-state index >= 15 is 0 Å². The molecule has 0 N–H and O–H groups in total. The van der Waals surface area contributed by atoms with Crippen LogP contribution in [0.5, 0.6) is 5.75 Å². The Labute approximate surface area is 153 Å². The number of benzene rings is 2. The van der Waals surface area contributed by atoms with E-state index in [1.54, 1.807) is 36.4 Å². The molecule has 0 bridgehead atoms. The van der Waals surface area contributed by atoms with Gasteiger partial charge in [0, 0.05) is 15.1 Å². The molecule has 0 aliphatic carbocycles. The van der Waals surface area contributed by atoms with Crippen LogP contribution in [-0.4, -0.2) is 19.0 Å². The van der Waals surface area contributed by atoms with Gasteiger partial charge in [-0.15, -0.1) is 0 Å².